The Labute approximate surface area is 124 Å². The summed E-state index contributed by atoms with van der Waals surface area (Å²) < 4.78 is 0. The predicted octanol–water partition coefficient (Wildman–Crippen LogP) is 1.29. The zero-order chi connectivity index (χ0) is 14.8. The van der Waals surface area contributed by atoms with E-state index in [1.54, 1.807) is 0 Å². The Bertz CT molecular complexity index is 438. The monoisotopic (exact) mass is 297 g/mol. The van der Waals surface area contributed by atoms with Gasteiger partial charge in [-0.2, -0.15) is 11.8 Å². The molecule has 6 heteroatoms. The molecular formula is C14H23N3O2S. The minimum absolute atomic E-state index is 0.132. The molecule has 1 rings (SSSR count). The maximum absolute atomic E-state index is 8.67. The second kappa shape index (κ2) is 9.63. The van der Waals surface area contributed by atoms with Crippen molar-refractivity contribution in [2.75, 3.05) is 24.7 Å². The van der Waals surface area contributed by atoms with Crippen LogP contribution in [0.15, 0.2) is 23.4 Å². The number of amidine groups is 1. The first-order valence-electron chi connectivity index (χ1n) is 6.65. The van der Waals surface area contributed by atoms with Gasteiger partial charge < -0.3 is 21.4 Å². The lowest BCUT2D eigenvalue weighted by Crippen LogP contribution is -2.18. The summed E-state index contributed by atoms with van der Waals surface area (Å²) in [6.07, 6.45) is 0.860. The fraction of sp³-hybridized carbons (Fsp3) is 0.500. The molecule has 0 heterocycles. The van der Waals surface area contributed by atoms with Crippen LogP contribution in [0.4, 0.5) is 0 Å². The van der Waals surface area contributed by atoms with E-state index in [2.05, 4.69) is 10.5 Å². The summed E-state index contributed by atoms with van der Waals surface area (Å²) in [6, 6.07) is 5.77. The van der Waals surface area contributed by atoms with E-state index >= 15 is 0 Å². The first kappa shape index (κ1) is 16.8. The van der Waals surface area contributed by atoms with Crippen LogP contribution in [0.5, 0.6) is 0 Å². The molecule has 0 fully saturated rings. The van der Waals surface area contributed by atoms with Crippen LogP contribution in [0, 0.1) is 6.92 Å². The number of thioether (sulfide) groups is 1. The number of aliphatic hydroxyl groups is 1. The van der Waals surface area contributed by atoms with Gasteiger partial charge in [0.2, 0.25) is 0 Å². The highest BCUT2D eigenvalue weighted by Gasteiger charge is 2.03. The summed E-state index contributed by atoms with van der Waals surface area (Å²) in [5.74, 6) is 2.18. The number of benzene rings is 1. The predicted molar refractivity (Wildman–Crippen MR) is 84.4 cm³/mol. The first-order valence-corrected chi connectivity index (χ1v) is 7.81. The molecule has 0 bridgehead atoms. The Hall–Kier alpha value is -1.24. The fourth-order valence-electron chi connectivity index (χ4n) is 1.75. The second-order valence-corrected chi connectivity index (χ2v) is 5.72. The van der Waals surface area contributed by atoms with Gasteiger partial charge in [-0.05, 0) is 36.3 Å². The molecule has 0 saturated carbocycles. The Kier molecular flexibility index (Phi) is 8.10. The number of nitrogens with zero attached hydrogens (tertiary/aromatic N) is 1. The molecule has 0 aliphatic heterocycles. The summed E-state index contributed by atoms with van der Waals surface area (Å²) in [6.45, 7) is 4.04. The highest BCUT2D eigenvalue weighted by atomic mass is 32.2. The molecule has 0 amide bonds. The van der Waals surface area contributed by atoms with E-state index < -0.39 is 0 Å². The molecule has 0 aliphatic carbocycles. The first-order chi connectivity index (χ1) is 9.69. The number of nitrogens with one attached hydrogen (secondary N) is 1. The van der Waals surface area contributed by atoms with E-state index in [1.807, 2.05) is 36.9 Å². The summed E-state index contributed by atoms with van der Waals surface area (Å²) in [5.41, 5.74) is 8.61. The molecule has 1 aromatic carbocycles. The van der Waals surface area contributed by atoms with Crippen LogP contribution in [0.3, 0.4) is 0 Å². The van der Waals surface area contributed by atoms with Gasteiger partial charge in [0.05, 0.1) is 0 Å². The number of hydrogen-bond donors (Lipinski definition) is 4. The molecule has 1 aromatic rings. The van der Waals surface area contributed by atoms with Crippen molar-refractivity contribution in [1.29, 1.82) is 0 Å². The van der Waals surface area contributed by atoms with E-state index in [-0.39, 0.29) is 12.4 Å². The molecule has 0 unspecified atom stereocenters. The van der Waals surface area contributed by atoms with Crippen molar-refractivity contribution in [3.05, 3.63) is 34.9 Å². The van der Waals surface area contributed by atoms with Crippen molar-refractivity contribution in [3.8, 4) is 0 Å². The van der Waals surface area contributed by atoms with Crippen LogP contribution in [0.1, 0.15) is 23.1 Å². The third kappa shape index (κ3) is 5.81. The van der Waals surface area contributed by atoms with E-state index in [0.29, 0.717) is 0 Å². The number of aliphatic hydroxyl groups excluding tert-OH is 1. The van der Waals surface area contributed by atoms with E-state index in [1.165, 1.54) is 5.56 Å². The highest BCUT2D eigenvalue weighted by molar-refractivity contribution is 7.99. The van der Waals surface area contributed by atoms with Gasteiger partial charge in [-0.1, -0.05) is 17.3 Å². The molecular weight excluding hydrogens is 274 g/mol. The normalized spacial score (nSPS) is 11.8. The average molecular weight is 297 g/mol. The zero-order valence-corrected chi connectivity index (χ0v) is 12.6. The topological polar surface area (TPSA) is 90.9 Å². The van der Waals surface area contributed by atoms with Crippen LogP contribution < -0.4 is 11.1 Å². The van der Waals surface area contributed by atoms with Crippen LogP contribution in [-0.4, -0.2) is 40.8 Å². The van der Waals surface area contributed by atoms with Gasteiger partial charge in [0.1, 0.15) is 0 Å². The summed E-state index contributed by atoms with van der Waals surface area (Å²) in [4.78, 5) is 0. The van der Waals surface area contributed by atoms with Crippen molar-refractivity contribution in [1.82, 2.24) is 5.32 Å². The Morgan fingerprint density at radius 1 is 1.40 bits per heavy atom. The van der Waals surface area contributed by atoms with E-state index in [0.717, 1.165) is 42.1 Å². The standard InChI is InChI=1S/C14H23N3O2S/c1-11-9-12(14(15)17-19)3-4-13(11)10-16-5-8-20-7-2-6-18/h3-4,9,16,18-19H,2,5-8,10H2,1H3,(H2,15,17). The Morgan fingerprint density at radius 3 is 2.85 bits per heavy atom. The van der Waals surface area contributed by atoms with Crippen molar-refractivity contribution in [2.45, 2.75) is 19.9 Å². The summed E-state index contributed by atoms with van der Waals surface area (Å²) >= 11 is 1.84. The molecule has 5 nitrogen and oxygen atoms in total. The molecule has 0 aromatic heterocycles. The largest absolute Gasteiger partial charge is 0.409 e. The van der Waals surface area contributed by atoms with Gasteiger partial charge in [-0.3, -0.25) is 0 Å². The minimum Gasteiger partial charge on any atom is -0.409 e. The van der Waals surface area contributed by atoms with Gasteiger partial charge in [0, 0.05) is 31.0 Å². The summed E-state index contributed by atoms with van der Waals surface area (Å²) in [5, 5.41) is 23.7. The van der Waals surface area contributed by atoms with E-state index in [9.17, 15) is 0 Å². The number of rotatable bonds is 9. The van der Waals surface area contributed by atoms with Gasteiger partial charge >= 0.3 is 0 Å². The Balaban J connectivity index is 2.34. The van der Waals surface area contributed by atoms with Gasteiger partial charge in [-0.25, -0.2) is 0 Å². The number of hydrogen-bond acceptors (Lipinski definition) is 5. The molecule has 5 N–H and O–H groups in total. The molecule has 112 valence electrons. The SMILES string of the molecule is Cc1cc(/C(N)=N/O)ccc1CNCCSCCCO. The number of oxime groups is 1. The lowest BCUT2D eigenvalue weighted by Gasteiger charge is -2.09. The van der Waals surface area contributed by atoms with Crippen LogP contribution in [-0.2, 0) is 6.54 Å². The molecule has 0 spiro atoms. The van der Waals surface area contributed by atoms with Gasteiger partial charge in [0.25, 0.3) is 0 Å². The molecule has 20 heavy (non-hydrogen) atoms. The highest BCUT2D eigenvalue weighted by Crippen LogP contribution is 2.11. The minimum atomic E-state index is 0.132. The molecule has 0 atom stereocenters. The zero-order valence-electron chi connectivity index (χ0n) is 11.8. The lowest BCUT2D eigenvalue weighted by atomic mass is 10.0. The van der Waals surface area contributed by atoms with Crippen molar-refractivity contribution in [3.63, 3.8) is 0 Å². The molecule has 0 aliphatic rings. The van der Waals surface area contributed by atoms with E-state index in [4.69, 9.17) is 16.0 Å². The van der Waals surface area contributed by atoms with Crippen LogP contribution >= 0.6 is 11.8 Å². The van der Waals surface area contributed by atoms with Crippen molar-refractivity contribution >= 4 is 17.6 Å². The third-order valence-corrected chi connectivity index (χ3v) is 4.00. The number of nitrogens with two attached hydrogens (primary N) is 1. The van der Waals surface area contributed by atoms with Crippen molar-refractivity contribution < 1.29 is 10.3 Å². The van der Waals surface area contributed by atoms with Crippen LogP contribution in [0.25, 0.3) is 0 Å². The maximum atomic E-state index is 8.67. The average Bonchev–Trinajstić information content (AvgIpc) is 2.46. The Morgan fingerprint density at radius 2 is 2.20 bits per heavy atom. The van der Waals surface area contributed by atoms with Gasteiger partial charge in [0.15, 0.2) is 5.84 Å². The van der Waals surface area contributed by atoms with Gasteiger partial charge in [-0.15, -0.1) is 0 Å². The fourth-order valence-corrected chi connectivity index (χ4v) is 2.57. The lowest BCUT2D eigenvalue weighted by molar-refractivity contribution is 0.296. The quantitative estimate of drug-likeness (QED) is 0.181. The summed E-state index contributed by atoms with van der Waals surface area (Å²) in [7, 11) is 0. The smallest absolute Gasteiger partial charge is 0.170 e. The van der Waals surface area contributed by atoms with Crippen LogP contribution in [0.2, 0.25) is 0 Å². The molecule has 0 radical (unpaired) electrons. The van der Waals surface area contributed by atoms with Crippen molar-refractivity contribution in [2.24, 2.45) is 10.9 Å². The number of aryl methyl sites for hydroxylation is 1. The maximum Gasteiger partial charge on any atom is 0.170 e. The third-order valence-electron chi connectivity index (χ3n) is 2.93. The molecule has 0 saturated heterocycles. The second-order valence-electron chi connectivity index (χ2n) is 4.49.